The average molecular weight is 230 g/mol. The normalized spacial score (nSPS) is 2.50. The summed E-state index contributed by atoms with van der Waals surface area (Å²) in [4.78, 5) is 4.72. The van der Waals surface area contributed by atoms with Crippen molar-refractivity contribution < 1.29 is 0 Å². The van der Waals surface area contributed by atoms with Crippen LogP contribution < -0.4 is 5.73 Å². The summed E-state index contributed by atoms with van der Waals surface area (Å²) >= 11 is 2.15. The molecule has 0 aromatic rings. The molecule has 0 aromatic carbocycles. The first-order valence-electron chi connectivity index (χ1n) is 1.63. The Kier molecular flexibility index (Phi) is 594. The highest BCUT2D eigenvalue weighted by Crippen LogP contribution is 1.48. The van der Waals surface area contributed by atoms with Gasteiger partial charge in [-0.15, -0.1) is 0 Å². The molecule has 0 amide bonds. The molecular weight excluding hydrogens is 215 g/mol. The van der Waals surface area contributed by atoms with E-state index in [2.05, 4.69) is 33.2 Å². The van der Waals surface area contributed by atoms with Crippen LogP contribution in [0.1, 0.15) is 7.43 Å². The first kappa shape index (κ1) is 24.1. The number of rotatable bonds is 0. The second kappa shape index (κ2) is 197. The zero-order valence-corrected chi connectivity index (χ0v) is 7.06. The summed E-state index contributed by atoms with van der Waals surface area (Å²) in [6, 6.07) is 0. The summed E-state index contributed by atoms with van der Waals surface area (Å²) in [5, 5.41) is 0. The van der Waals surface area contributed by atoms with E-state index in [1.807, 2.05) is 4.93 Å². The van der Waals surface area contributed by atoms with Gasteiger partial charge in [0.2, 0.25) is 7.05 Å². The minimum absolute atomic E-state index is 0. The molecule has 3 heteroatoms. The predicted octanol–water partition coefficient (Wildman–Crippen LogP) is 1.80. The monoisotopic (exact) mass is 230 g/mol. The zero-order valence-electron chi connectivity index (χ0n) is 4.90. The number of alkyl halides is 1. The van der Waals surface area contributed by atoms with Crippen LogP contribution in [-0.4, -0.2) is 19.0 Å². The summed E-state index contributed by atoms with van der Waals surface area (Å²) in [6.45, 7) is 5.83. The maximum atomic E-state index is 5.83. The third kappa shape index (κ3) is 5120. The van der Waals surface area contributed by atoms with Crippen molar-refractivity contribution in [3.63, 3.8) is 0 Å². The lowest BCUT2D eigenvalue weighted by Crippen LogP contribution is -1.69. The van der Waals surface area contributed by atoms with Gasteiger partial charge in [0.1, 0.15) is 0 Å². The van der Waals surface area contributed by atoms with Gasteiger partial charge in [0.05, 0.1) is 0 Å². The average Bonchev–Trinajstić information content (AvgIpc) is 1.78. The number of halogens is 1. The highest BCUT2D eigenvalue weighted by molar-refractivity contribution is 14.1. The Morgan fingerprint density at radius 3 is 1.38 bits per heavy atom. The molecule has 0 aromatic heterocycles. The van der Waals surface area contributed by atoms with Gasteiger partial charge in [0, 0.05) is 0 Å². The van der Waals surface area contributed by atoms with Crippen molar-refractivity contribution in [3.8, 4) is 0 Å². The van der Waals surface area contributed by atoms with Crippen LogP contribution in [0.2, 0.25) is 0 Å². The summed E-state index contributed by atoms with van der Waals surface area (Å²) in [7, 11) is 2.92. The van der Waals surface area contributed by atoms with E-state index in [0.29, 0.717) is 0 Å². The van der Waals surface area contributed by atoms with Gasteiger partial charge in [-0.1, -0.05) is 30.0 Å². The van der Waals surface area contributed by atoms with E-state index in [9.17, 15) is 0 Å². The molecule has 0 saturated carbocycles. The fourth-order valence-corrected chi connectivity index (χ4v) is 0. The van der Waals surface area contributed by atoms with E-state index in [1.54, 1.807) is 0 Å². The van der Waals surface area contributed by atoms with Gasteiger partial charge < -0.3 is 10.6 Å². The van der Waals surface area contributed by atoms with Crippen molar-refractivity contribution in [3.05, 3.63) is 11.4 Å². The Labute approximate surface area is 66.4 Å². The third-order valence-corrected chi connectivity index (χ3v) is 0. The number of hydrogen-bond acceptors (Lipinski definition) is 1. The molecule has 0 saturated heterocycles. The first-order chi connectivity index (χ1) is 3.41. The van der Waals surface area contributed by atoms with Gasteiger partial charge in [0.15, 0.2) is 0 Å². The molecule has 0 bridgehead atoms. The molecule has 0 atom stereocenters. The second-order valence-corrected chi connectivity index (χ2v) is 0.224. The maximum Gasteiger partial charge on any atom is 0.205 e. The Bertz CT molecular complexity index is 31.9. The van der Waals surface area contributed by atoms with Gasteiger partial charge in [-0.05, 0) is 12.0 Å². The minimum atomic E-state index is 0. The van der Waals surface area contributed by atoms with Gasteiger partial charge in [0.25, 0.3) is 0 Å². The van der Waals surface area contributed by atoms with Crippen LogP contribution in [0.25, 0.3) is 4.85 Å². The SMILES string of the molecule is C.CI.CN.[C-]#[N+]C. The highest BCUT2D eigenvalue weighted by atomic mass is 127. The van der Waals surface area contributed by atoms with Gasteiger partial charge in [-0.25, -0.2) is 6.57 Å². The van der Waals surface area contributed by atoms with E-state index in [0.717, 1.165) is 0 Å². The Morgan fingerprint density at radius 2 is 1.38 bits per heavy atom. The van der Waals surface area contributed by atoms with E-state index < -0.39 is 0 Å². The largest absolute Gasteiger partial charge is 0.333 e. The molecule has 0 aliphatic carbocycles. The number of nitrogens with two attached hydrogens (primary N) is 1. The molecule has 0 aliphatic rings. The van der Waals surface area contributed by atoms with Crippen LogP contribution in [0.3, 0.4) is 0 Å². The lowest BCUT2D eigenvalue weighted by atomic mass is 11.5. The van der Waals surface area contributed by atoms with E-state index in [4.69, 9.17) is 6.57 Å². The molecule has 2 nitrogen and oxygen atoms in total. The molecule has 8 heavy (non-hydrogen) atoms. The molecule has 2 N–H and O–H groups in total. The van der Waals surface area contributed by atoms with Crippen molar-refractivity contribution in [2.24, 2.45) is 5.73 Å². The van der Waals surface area contributed by atoms with Crippen LogP contribution in [0.5, 0.6) is 0 Å². The Hall–Kier alpha value is 0.180. The first-order valence-corrected chi connectivity index (χ1v) is 3.78. The van der Waals surface area contributed by atoms with Crippen molar-refractivity contribution in [2.75, 3.05) is 19.0 Å². The van der Waals surface area contributed by atoms with Crippen LogP contribution in [-0.2, 0) is 0 Å². The van der Waals surface area contributed by atoms with Gasteiger partial charge in [-0.3, -0.25) is 0 Å². The smallest absolute Gasteiger partial charge is 0.205 e. The number of nitrogens with zero attached hydrogens (tertiary/aromatic N) is 1. The second-order valence-electron chi connectivity index (χ2n) is 0.224. The Balaban J connectivity index is -0.0000000147. The van der Waals surface area contributed by atoms with Crippen LogP contribution in [0, 0.1) is 6.57 Å². The molecular formula is C5H15IN2. The molecule has 0 spiro atoms. The maximum absolute atomic E-state index is 5.83. The van der Waals surface area contributed by atoms with Crippen LogP contribution in [0.4, 0.5) is 0 Å². The van der Waals surface area contributed by atoms with E-state index in [-0.39, 0.29) is 7.43 Å². The lowest BCUT2D eigenvalue weighted by molar-refractivity contribution is 1.48. The van der Waals surface area contributed by atoms with Gasteiger partial charge >= 0.3 is 0 Å². The van der Waals surface area contributed by atoms with Crippen molar-refractivity contribution >= 4 is 22.6 Å². The lowest BCUT2D eigenvalue weighted by Gasteiger charge is -1.30. The molecule has 52 valence electrons. The van der Waals surface area contributed by atoms with Crippen molar-refractivity contribution in [1.82, 2.24) is 0 Å². The number of hydrogen-bond donors (Lipinski definition) is 1. The topological polar surface area (TPSA) is 30.4 Å². The predicted molar refractivity (Wildman–Crippen MR) is 49.3 cm³/mol. The fourth-order valence-electron chi connectivity index (χ4n) is 0. The molecule has 0 radical (unpaired) electrons. The zero-order chi connectivity index (χ0) is 6.71. The standard InChI is InChI=1S/C2H3N.CH3I.CH5N.CH4/c1-3-2;2*1-2;/h1H3;1H3;2H2,1H3;1H4. The molecule has 0 heterocycles. The molecule has 0 aliphatic heterocycles. The summed E-state index contributed by atoms with van der Waals surface area (Å²) in [5.41, 5.74) is 4.50. The molecule has 0 fully saturated rings. The molecule has 0 rings (SSSR count). The third-order valence-electron chi connectivity index (χ3n) is 0. The summed E-state index contributed by atoms with van der Waals surface area (Å²) < 4.78 is 0. The van der Waals surface area contributed by atoms with Crippen molar-refractivity contribution in [2.45, 2.75) is 7.43 Å². The fraction of sp³-hybridized carbons (Fsp3) is 0.800. The summed E-state index contributed by atoms with van der Waals surface area (Å²) in [6.07, 6.45) is 0. The van der Waals surface area contributed by atoms with Gasteiger partial charge in [-0.2, -0.15) is 0 Å². The van der Waals surface area contributed by atoms with Crippen LogP contribution >= 0.6 is 22.6 Å². The van der Waals surface area contributed by atoms with E-state index >= 15 is 0 Å². The Morgan fingerprint density at radius 1 is 1.38 bits per heavy atom. The molecule has 0 unspecified atom stereocenters. The quantitative estimate of drug-likeness (QED) is 0.384. The highest BCUT2D eigenvalue weighted by Gasteiger charge is 1.08. The minimum Gasteiger partial charge on any atom is -0.333 e. The summed E-state index contributed by atoms with van der Waals surface area (Å²) in [5.74, 6) is 0. The van der Waals surface area contributed by atoms with E-state index in [1.165, 1.54) is 14.1 Å². The van der Waals surface area contributed by atoms with Crippen molar-refractivity contribution in [1.29, 1.82) is 0 Å². The van der Waals surface area contributed by atoms with Crippen LogP contribution in [0.15, 0.2) is 0 Å².